The Morgan fingerprint density at radius 2 is 2.24 bits per heavy atom. The SMILES string of the molecule is CCC1(CC(=O)O)C(C)=Nc2ccc(F)cc21. The van der Waals surface area contributed by atoms with Gasteiger partial charge in [0.15, 0.2) is 0 Å². The van der Waals surface area contributed by atoms with E-state index in [1.165, 1.54) is 12.1 Å². The highest BCUT2D eigenvalue weighted by Crippen LogP contribution is 2.45. The predicted molar refractivity (Wildman–Crippen MR) is 63.4 cm³/mol. The minimum Gasteiger partial charge on any atom is -0.481 e. The zero-order valence-electron chi connectivity index (χ0n) is 9.83. The number of carboxylic acid groups (broad SMARTS) is 1. The van der Waals surface area contributed by atoms with E-state index in [0.29, 0.717) is 17.7 Å². The zero-order valence-corrected chi connectivity index (χ0v) is 9.83. The molecule has 1 aromatic rings. The maximum absolute atomic E-state index is 13.3. The van der Waals surface area contributed by atoms with Gasteiger partial charge in [-0.25, -0.2) is 4.39 Å². The van der Waals surface area contributed by atoms with E-state index < -0.39 is 11.4 Å². The molecule has 17 heavy (non-hydrogen) atoms. The second-order valence-corrected chi connectivity index (χ2v) is 4.36. The fourth-order valence-corrected chi connectivity index (χ4v) is 2.52. The quantitative estimate of drug-likeness (QED) is 0.875. The van der Waals surface area contributed by atoms with Gasteiger partial charge in [-0.1, -0.05) is 6.92 Å². The van der Waals surface area contributed by atoms with Crippen molar-refractivity contribution in [2.75, 3.05) is 0 Å². The van der Waals surface area contributed by atoms with Crippen molar-refractivity contribution in [1.82, 2.24) is 0 Å². The Morgan fingerprint density at radius 3 is 2.82 bits per heavy atom. The maximum Gasteiger partial charge on any atom is 0.304 e. The fraction of sp³-hybridized carbons (Fsp3) is 0.385. The highest BCUT2D eigenvalue weighted by Gasteiger charge is 2.41. The van der Waals surface area contributed by atoms with Gasteiger partial charge in [0.25, 0.3) is 0 Å². The topological polar surface area (TPSA) is 49.7 Å². The molecule has 0 bridgehead atoms. The molecule has 1 aromatic carbocycles. The number of hydrogen-bond donors (Lipinski definition) is 1. The summed E-state index contributed by atoms with van der Waals surface area (Å²) in [5.74, 6) is -1.24. The van der Waals surface area contributed by atoms with Crippen molar-refractivity contribution in [3.8, 4) is 0 Å². The van der Waals surface area contributed by atoms with Gasteiger partial charge in [-0.05, 0) is 37.1 Å². The molecule has 0 radical (unpaired) electrons. The smallest absolute Gasteiger partial charge is 0.304 e. The molecule has 1 aliphatic rings. The van der Waals surface area contributed by atoms with Gasteiger partial charge in [0.1, 0.15) is 5.82 Å². The van der Waals surface area contributed by atoms with Crippen molar-refractivity contribution in [2.24, 2.45) is 4.99 Å². The molecule has 1 atom stereocenters. The molecule has 3 nitrogen and oxygen atoms in total. The van der Waals surface area contributed by atoms with Crippen LogP contribution in [0.5, 0.6) is 0 Å². The van der Waals surface area contributed by atoms with E-state index in [2.05, 4.69) is 4.99 Å². The van der Waals surface area contributed by atoms with Crippen LogP contribution in [0.2, 0.25) is 0 Å². The van der Waals surface area contributed by atoms with E-state index in [4.69, 9.17) is 5.11 Å². The lowest BCUT2D eigenvalue weighted by Gasteiger charge is -2.27. The summed E-state index contributed by atoms with van der Waals surface area (Å²) in [6.07, 6.45) is 0.556. The first-order valence-electron chi connectivity index (χ1n) is 5.57. The number of fused-ring (bicyclic) bond motifs is 1. The largest absolute Gasteiger partial charge is 0.481 e. The Labute approximate surface area is 99.0 Å². The molecule has 1 N–H and O–H groups in total. The molecule has 1 heterocycles. The standard InChI is InChI=1S/C13H14FNO2/c1-3-13(7-12(16)17)8(2)15-11-5-4-9(14)6-10(11)13/h4-6H,3,7H2,1-2H3,(H,16,17). The van der Waals surface area contributed by atoms with Crippen LogP contribution >= 0.6 is 0 Å². The van der Waals surface area contributed by atoms with E-state index in [1.807, 2.05) is 13.8 Å². The number of halogens is 1. The number of aliphatic imine (C=N–C) groups is 1. The Hall–Kier alpha value is -1.71. The Morgan fingerprint density at radius 1 is 1.53 bits per heavy atom. The lowest BCUT2D eigenvalue weighted by atomic mass is 9.73. The minimum absolute atomic E-state index is 0.0463. The second kappa shape index (κ2) is 3.95. The van der Waals surface area contributed by atoms with Crippen molar-refractivity contribution >= 4 is 17.4 Å². The Bertz CT molecular complexity index is 510. The average molecular weight is 235 g/mol. The van der Waals surface area contributed by atoms with Gasteiger partial charge >= 0.3 is 5.97 Å². The average Bonchev–Trinajstić information content (AvgIpc) is 2.52. The highest BCUT2D eigenvalue weighted by atomic mass is 19.1. The first kappa shape index (κ1) is 11.8. The predicted octanol–water partition coefficient (Wildman–Crippen LogP) is 3.05. The molecule has 0 aromatic heterocycles. The molecule has 0 aliphatic carbocycles. The van der Waals surface area contributed by atoms with Crippen molar-refractivity contribution in [2.45, 2.75) is 32.1 Å². The number of nitrogens with zero attached hydrogens (tertiary/aromatic N) is 1. The van der Waals surface area contributed by atoms with Crippen molar-refractivity contribution in [1.29, 1.82) is 0 Å². The minimum atomic E-state index is -0.890. The third kappa shape index (κ3) is 1.73. The molecule has 0 spiro atoms. The maximum atomic E-state index is 13.3. The van der Waals surface area contributed by atoms with E-state index in [-0.39, 0.29) is 12.2 Å². The van der Waals surface area contributed by atoms with Crippen LogP contribution < -0.4 is 0 Å². The summed E-state index contributed by atoms with van der Waals surface area (Å²) in [6.45, 7) is 3.71. The van der Waals surface area contributed by atoms with Crippen LogP contribution in [-0.4, -0.2) is 16.8 Å². The summed E-state index contributed by atoms with van der Waals surface area (Å²) in [5, 5.41) is 9.03. The lowest BCUT2D eigenvalue weighted by molar-refractivity contribution is -0.137. The van der Waals surface area contributed by atoms with Crippen LogP contribution in [0.4, 0.5) is 10.1 Å². The van der Waals surface area contributed by atoms with Crippen LogP contribution in [0.3, 0.4) is 0 Å². The molecule has 4 heteroatoms. The van der Waals surface area contributed by atoms with Gasteiger partial charge < -0.3 is 5.11 Å². The number of carboxylic acids is 1. The first-order valence-corrected chi connectivity index (χ1v) is 5.57. The van der Waals surface area contributed by atoms with Crippen molar-refractivity contribution < 1.29 is 14.3 Å². The van der Waals surface area contributed by atoms with Crippen molar-refractivity contribution in [3.05, 3.63) is 29.6 Å². The van der Waals surface area contributed by atoms with E-state index >= 15 is 0 Å². The lowest BCUT2D eigenvalue weighted by Crippen LogP contribution is -2.33. The van der Waals surface area contributed by atoms with Gasteiger partial charge in [0.2, 0.25) is 0 Å². The van der Waals surface area contributed by atoms with Gasteiger partial charge in [0, 0.05) is 11.1 Å². The van der Waals surface area contributed by atoms with Crippen LogP contribution in [0.1, 0.15) is 32.3 Å². The van der Waals surface area contributed by atoms with Crippen LogP contribution in [-0.2, 0) is 10.2 Å². The highest BCUT2D eigenvalue weighted by molar-refractivity contribution is 6.02. The zero-order chi connectivity index (χ0) is 12.6. The molecule has 0 fully saturated rings. The number of benzene rings is 1. The molecule has 0 saturated carbocycles. The summed E-state index contributed by atoms with van der Waals surface area (Å²) in [4.78, 5) is 15.4. The normalized spacial score (nSPS) is 22.2. The molecular weight excluding hydrogens is 221 g/mol. The summed E-state index contributed by atoms with van der Waals surface area (Å²) < 4.78 is 13.3. The fourth-order valence-electron chi connectivity index (χ4n) is 2.52. The molecule has 1 unspecified atom stereocenters. The molecule has 2 rings (SSSR count). The molecule has 0 amide bonds. The van der Waals surface area contributed by atoms with Gasteiger partial charge in [-0.15, -0.1) is 0 Å². The summed E-state index contributed by atoms with van der Waals surface area (Å²) in [7, 11) is 0. The number of carbonyl (C=O) groups is 1. The summed E-state index contributed by atoms with van der Waals surface area (Å²) in [6, 6.07) is 4.36. The molecule has 1 aliphatic heterocycles. The van der Waals surface area contributed by atoms with E-state index in [0.717, 1.165) is 5.71 Å². The summed E-state index contributed by atoms with van der Waals surface area (Å²) in [5.41, 5.74) is 1.48. The molecule has 0 saturated heterocycles. The Balaban J connectivity index is 2.58. The third-order valence-electron chi connectivity index (χ3n) is 3.51. The number of rotatable bonds is 3. The third-order valence-corrected chi connectivity index (χ3v) is 3.51. The van der Waals surface area contributed by atoms with E-state index in [1.54, 1.807) is 6.07 Å². The van der Waals surface area contributed by atoms with Gasteiger partial charge in [0.05, 0.1) is 12.1 Å². The van der Waals surface area contributed by atoms with Gasteiger partial charge in [-0.3, -0.25) is 9.79 Å². The van der Waals surface area contributed by atoms with E-state index in [9.17, 15) is 9.18 Å². The van der Waals surface area contributed by atoms with Crippen LogP contribution in [0.25, 0.3) is 0 Å². The summed E-state index contributed by atoms with van der Waals surface area (Å²) >= 11 is 0. The van der Waals surface area contributed by atoms with Crippen LogP contribution in [0.15, 0.2) is 23.2 Å². The molecular formula is C13H14FNO2. The monoisotopic (exact) mass is 235 g/mol. The van der Waals surface area contributed by atoms with Gasteiger partial charge in [-0.2, -0.15) is 0 Å². The van der Waals surface area contributed by atoms with Crippen molar-refractivity contribution in [3.63, 3.8) is 0 Å². The Kier molecular flexibility index (Phi) is 2.73. The van der Waals surface area contributed by atoms with Crippen LogP contribution in [0, 0.1) is 5.82 Å². The first-order chi connectivity index (χ1) is 7.99. The number of hydrogen-bond acceptors (Lipinski definition) is 2. The molecule has 90 valence electrons. The second-order valence-electron chi connectivity index (χ2n) is 4.36. The number of aliphatic carboxylic acids is 1.